The van der Waals surface area contributed by atoms with Gasteiger partial charge in [0.1, 0.15) is 17.1 Å². The first kappa shape index (κ1) is 24.2. The minimum Gasteiger partial charge on any atom is -0.497 e. The second-order valence-electron chi connectivity index (χ2n) is 7.66. The van der Waals surface area contributed by atoms with Gasteiger partial charge in [0.15, 0.2) is 0 Å². The van der Waals surface area contributed by atoms with Gasteiger partial charge in [0.25, 0.3) is 11.6 Å². The summed E-state index contributed by atoms with van der Waals surface area (Å²) in [5.41, 5.74) is 1.38. The van der Waals surface area contributed by atoms with Crippen LogP contribution in [0.25, 0.3) is 0 Å². The van der Waals surface area contributed by atoms with Crippen molar-refractivity contribution in [3.63, 3.8) is 0 Å². The smallest absolute Gasteiger partial charge is 0.288 e. The fourth-order valence-electron chi connectivity index (χ4n) is 3.50. The monoisotopic (exact) mass is 488 g/mol. The maximum absolute atomic E-state index is 13.3. The number of ether oxygens (including phenoxy) is 2. The van der Waals surface area contributed by atoms with E-state index in [4.69, 9.17) is 9.47 Å². The predicted molar refractivity (Wildman–Crippen MR) is 133 cm³/mol. The molecule has 0 spiro atoms. The van der Waals surface area contributed by atoms with E-state index in [1.54, 1.807) is 20.3 Å². The third kappa shape index (κ3) is 5.58. The van der Waals surface area contributed by atoms with Crippen LogP contribution in [0.5, 0.6) is 11.5 Å². The molecule has 0 bridgehead atoms. The third-order valence-corrected chi connectivity index (χ3v) is 5.30. The van der Waals surface area contributed by atoms with Gasteiger partial charge in [-0.05, 0) is 41.5 Å². The van der Waals surface area contributed by atoms with Crippen LogP contribution in [0.4, 0.5) is 17.6 Å². The molecular formula is C25H24N6O5. The van der Waals surface area contributed by atoms with E-state index in [1.807, 2.05) is 48.5 Å². The van der Waals surface area contributed by atoms with Crippen molar-refractivity contribution in [3.8, 4) is 11.5 Å². The Kier molecular flexibility index (Phi) is 7.39. The lowest BCUT2D eigenvalue weighted by Crippen LogP contribution is -2.19. The summed E-state index contributed by atoms with van der Waals surface area (Å²) in [6.45, 7) is 0.686. The number of nitro groups is 1. The van der Waals surface area contributed by atoms with E-state index < -0.39 is 10.8 Å². The molecule has 3 aromatic carbocycles. The minimum atomic E-state index is -0.683. The molecular weight excluding hydrogens is 464 g/mol. The van der Waals surface area contributed by atoms with Gasteiger partial charge in [-0.25, -0.2) is 0 Å². The van der Waals surface area contributed by atoms with Crippen LogP contribution in [0.2, 0.25) is 0 Å². The first-order valence-electron chi connectivity index (χ1n) is 11.0. The van der Waals surface area contributed by atoms with Gasteiger partial charge in [0.05, 0.1) is 19.1 Å². The molecule has 4 rings (SSSR count). The first-order chi connectivity index (χ1) is 17.5. The number of nitro benzene ring substituents is 1. The van der Waals surface area contributed by atoms with E-state index in [2.05, 4.69) is 20.7 Å². The Labute approximate surface area is 206 Å². The van der Waals surface area contributed by atoms with Crippen molar-refractivity contribution in [2.24, 2.45) is 0 Å². The Balaban J connectivity index is 1.62. The summed E-state index contributed by atoms with van der Waals surface area (Å²) in [5.74, 6) is 1.02. The second-order valence-corrected chi connectivity index (χ2v) is 7.66. The molecule has 0 atom stereocenters. The highest BCUT2D eigenvalue weighted by Crippen LogP contribution is 2.22. The number of aromatic nitrogens is 3. The molecule has 36 heavy (non-hydrogen) atoms. The number of hydrogen-bond acceptors (Lipinski definition) is 9. The van der Waals surface area contributed by atoms with Crippen molar-refractivity contribution in [2.75, 3.05) is 24.9 Å². The molecule has 0 unspecified atom stereocenters. The molecule has 184 valence electrons. The summed E-state index contributed by atoms with van der Waals surface area (Å²) in [5, 5.41) is 22.0. The summed E-state index contributed by atoms with van der Waals surface area (Å²) >= 11 is 0. The zero-order valence-corrected chi connectivity index (χ0v) is 19.7. The summed E-state index contributed by atoms with van der Waals surface area (Å²) in [6, 6.07) is 20.6. The van der Waals surface area contributed by atoms with E-state index in [1.165, 1.54) is 18.2 Å². The molecule has 0 aliphatic rings. The number of nitrogens with zero attached hydrogens (tertiary/aromatic N) is 4. The SMILES string of the molecule is COc1cccc(CNc2nc(NCc3cccc(OC)c3)n(C(=O)c3ccccc3[N+](=O)[O-])n2)c1. The van der Waals surface area contributed by atoms with Gasteiger partial charge in [-0.3, -0.25) is 14.9 Å². The van der Waals surface area contributed by atoms with Crippen molar-refractivity contribution in [2.45, 2.75) is 13.1 Å². The molecule has 0 aliphatic heterocycles. The summed E-state index contributed by atoms with van der Waals surface area (Å²) in [7, 11) is 3.17. The number of carbonyl (C=O) groups is 1. The van der Waals surface area contributed by atoms with Crippen molar-refractivity contribution in [3.05, 3.63) is 99.6 Å². The molecule has 0 saturated heterocycles. The van der Waals surface area contributed by atoms with Gasteiger partial charge < -0.3 is 20.1 Å². The van der Waals surface area contributed by atoms with Gasteiger partial charge in [0, 0.05) is 19.2 Å². The molecule has 4 aromatic rings. The summed E-state index contributed by atoms with van der Waals surface area (Å²) in [4.78, 5) is 28.6. The highest BCUT2D eigenvalue weighted by atomic mass is 16.6. The van der Waals surface area contributed by atoms with Crippen LogP contribution < -0.4 is 20.1 Å². The van der Waals surface area contributed by atoms with Crippen LogP contribution in [0.1, 0.15) is 21.5 Å². The molecule has 11 heteroatoms. The van der Waals surface area contributed by atoms with E-state index in [0.717, 1.165) is 15.8 Å². The number of rotatable bonds is 10. The average molecular weight is 489 g/mol. The number of para-hydroxylation sites is 1. The molecule has 0 aliphatic carbocycles. The maximum Gasteiger partial charge on any atom is 0.288 e. The molecule has 0 radical (unpaired) electrons. The van der Waals surface area contributed by atoms with Crippen molar-refractivity contribution < 1.29 is 19.2 Å². The van der Waals surface area contributed by atoms with Crippen molar-refractivity contribution in [1.29, 1.82) is 0 Å². The predicted octanol–water partition coefficient (Wildman–Crippen LogP) is 4.12. The number of nitrogens with one attached hydrogen (secondary N) is 2. The highest BCUT2D eigenvalue weighted by molar-refractivity contribution is 6.00. The van der Waals surface area contributed by atoms with Crippen LogP contribution in [0, 0.1) is 10.1 Å². The lowest BCUT2D eigenvalue weighted by atomic mass is 10.1. The van der Waals surface area contributed by atoms with E-state index in [0.29, 0.717) is 24.6 Å². The number of hydrogen-bond donors (Lipinski definition) is 2. The molecule has 0 amide bonds. The Morgan fingerprint density at radius 1 is 0.917 bits per heavy atom. The van der Waals surface area contributed by atoms with E-state index >= 15 is 0 Å². The standard InChI is InChI=1S/C25H24N6O5/c1-35-19-9-5-7-17(13-19)15-26-24-28-25(27-16-18-8-6-10-20(14-18)36-2)30(29-24)23(32)21-11-3-4-12-22(21)31(33)34/h3-14H,15-16H2,1-2H3,(H2,26,27,28,29). The normalized spacial score (nSPS) is 10.5. The third-order valence-electron chi connectivity index (χ3n) is 5.30. The van der Waals surface area contributed by atoms with Crippen LogP contribution in [0.15, 0.2) is 72.8 Å². The largest absolute Gasteiger partial charge is 0.497 e. The van der Waals surface area contributed by atoms with Gasteiger partial charge >= 0.3 is 0 Å². The van der Waals surface area contributed by atoms with Crippen molar-refractivity contribution in [1.82, 2.24) is 14.8 Å². The van der Waals surface area contributed by atoms with Gasteiger partial charge in [-0.15, -0.1) is 5.10 Å². The van der Waals surface area contributed by atoms with Crippen LogP contribution in [-0.4, -0.2) is 39.8 Å². The lowest BCUT2D eigenvalue weighted by Gasteiger charge is -2.08. The Bertz CT molecular complexity index is 1390. The molecule has 0 fully saturated rings. The van der Waals surface area contributed by atoms with Gasteiger partial charge in [-0.2, -0.15) is 9.67 Å². The van der Waals surface area contributed by atoms with Crippen LogP contribution in [0.3, 0.4) is 0 Å². The van der Waals surface area contributed by atoms with E-state index in [-0.39, 0.29) is 23.1 Å². The number of carbonyl (C=O) groups excluding carboxylic acids is 1. The Hall–Kier alpha value is -4.93. The fourth-order valence-corrected chi connectivity index (χ4v) is 3.50. The second kappa shape index (κ2) is 11.0. The number of benzene rings is 3. The van der Waals surface area contributed by atoms with Crippen molar-refractivity contribution >= 4 is 23.5 Å². The maximum atomic E-state index is 13.3. The molecule has 0 saturated carbocycles. The van der Waals surface area contributed by atoms with E-state index in [9.17, 15) is 14.9 Å². The fraction of sp³-hybridized carbons (Fsp3) is 0.160. The summed E-state index contributed by atoms with van der Waals surface area (Å²) in [6.07, 6.45) is 0. The Morgan fingerprint density at radius 3 is 2.14 bits per heavy atom. The first-order valence-corrected chi connectivity index (χ1v) is 11.0. The number of anilines is 2. The zero-order chi connectivity index (χ0) is 25.5. The average Bonchev–Trinajstić information content (AvgIpc) is 3.33. The Morgan fingerprint density at radius 2 is 1.53 bits per heavy atom. The zero-order valence-electron chi connectivity index (χ0n) is 19.7. The summed E-state index contributed by atoms with van der Waals surface area (Å²) < 4.78 is 11.5. The minimum absolute atomic E-state index is 0.101. The molecule has 11 nitrogen and oxygen atoms in total. The quantitative estimate of drug-likeness (QED) is 0.250. The van der Waals surface area contributed by atoms with Crippen LogP contribution >= 0.6 is 0 Å². The molecule has 1 heterocycles. The van der Waals surface area contributed by atoms with Gasteiger partial charge in [0.2, 0.25) is 11.9 Å². The topological polar surface area (TPSA) is 133 Å². The van der Waals surface area contributed by atoms with Crippen LogP contribution in [-0.2, 0) is 13.1 Å². The molecule has 1 aromatic heterocycles. The number of methoxy groups -OCH3 is 2. The lowest BCUT2D eigenvalue weighted by molar-refractivity contribution is -0.385. The molecule has 2 N–H and O–H groups in total. The highest BCUT2D eigenvalue weighted by Gasteiger charge is 2.25. The van der Waals surface area contributed by atoms with Gasteiger partial charge in [-0.1, -0.05) is 36.4 Å².